The fraction of sp³-hybridized carbons (Fsp3) is 0.333. The van der Waals surface area contributed by atoms with Gasteiger partial charge < -0.3 is 5.32 Å². The largest absolute Gasteiger partial charge is 0.384 e. The van der Waals surface area contributed by atoms with E-state index in [0.29, 0.717) is 12.2 Å². The molecule has 0 unspecified atom stereocenters. The molecule has 0 aromatic heterocycles. The van der Waals surface area contributed by atoms with Crippen LogP contribution in [0.5, 0.6) is 0 Å². The van der Waals surface area contributed by atoms with E-state index in [4.69, 9.17) is 0 Å². The first kappa shape index (κ1) is 7.53. The van der Waals surface area contributed by atoms with Crippen molar-refractivity contribution in [3.63, 3.8) is 0 Å². The van der Waals surface area contributed by atoms with Gasteiger partial charge in [0.25, 0.3) is 5.92 Å². The van der Waals surface area contributed by atoms with Gasteiger partial charge in [-0.1, -0.05) is 12.1 Å². The van der Waals surface area contributed by atoms with Gasteiger partial charge in [-0.3, -0.25) is 0 Å². The second-order valence-corrected chi connectivity index (χ2v) is 2.85. The minimum absolute atomic E-state index is 0.0903. The first-order valence-corrected chi connectivity index (χ1v) is 3.82. The van der Waals surface area contributed by atoms with Crippen LogP contribution < -0.4 is 5.32 Å². The van der Waals surface area contributed by atoms with Gasteiger partial charge in [-0.15, -0.1) is 0 Å². The van der Waals surface area contributed by atoms with Gasteiger partial charge >= 0.3 is 0 Å². The Morgan fingerprint density at radius 1 is 1.50 bits per heavy atom. The molecule has 12 heavy (non-hydrogen) atoms. The second-order valence-electron chi connectivity index (χ2n) is 2.85. The summed E-state index contributed by atoms with van der Waals surface area (Å²) in [6.07, 6.45) is -0.121. The molecule has 0 saturated carbocycles. The lowest BCUT2D eigenvalue weighted by Gasteiger charge is -2.25. The summed E-state index contributed by atoms with van der Waals surface area (Å²) < 4.78 is 26.3. The number of hydrogen-bond acceptors (Lipinski definition) is 1. The molecule has 0 saturated heterocycles. The summed E-state index contributed by atoms with van der Waals surface area (Å²) in [5.74, 6) is -2.67. The predicted octanol–water partition coefficient (Wildman–Crippen LogP) is 2.39. The normalized spacial score (nSPS) is 19.5. The van der Waals surface area contributed by atoms with Gasteiger partial charge in [0, 0.05) is 24.2 Å². The molecule has 63 valence electrons. The van der Waals surface area contributed by atoms with Crippen LogP contribution >= 0.6 is 0 Å². The van der Waals surface area contributed by atoms with Crippen molar-refractivity contribution >= 4 is 5.69 Å². The van der Waals surface area contributed by atoms with Crippen LogP contribution in [0, 0.1) is 6.07 Å². The Labute approximate surface area is 69.4 Å². The molecule has 0 aliphatic carbocycles. The minimum Gasteiger partial charge on any atom is -0.384 e. The molecule has 1 nitrogen and oxygen atoms in total. The third kappa shape index (κ3) is 1.05. The summed E-state index contributed by atoms with van der Waals surface area (Å²) >= 11 is 0. The van der Waals surface area contributed by atoms with Crippen LogP contribution in [0.15, 0.2) is 18.2 Å². The highest BCUT2D eigenvalue weighted by molar-refractivity contribution is 5.54. The van der Waals surface area contributed by atoms with Crippen LogP contribution in [0.2, 0.25) is 0 Å². The maximum Gasteiger partial charge on any atom is 0.276 e. The number of halogens is 2. The zero-order valence-corrected chi connectivity index (χ0v) is 6.40. The molecule has 1 aliphatic rings. The van der Waals surface area contributed by atoms with Crippen LogP contribution in [0.4, 0.5) is 14.5 Å². The topological polar surface area (TPSA) is 12.0 Å². The quantitative estimate of drug-likeness (QED) is 0.627. The molecule has 1 aromatic rings. The van der Waals surface area contributed by atoms with E-state index < -0.39 is 5.92 Å². The Hall–Kier alpha value is -1.12. The molecule has 1 aliphatic heterocycles. The molecule has 1 N–H and O–H groups in total. The maximum absolute atomic E-state index is 13.1. The van der Waals surface area contributed by atoms with Gasteiger partial charge in [0.1, 0.15) is 0 Å². The maximum atomic E-state index is 13.1. The van der Waals surface area contributed by atoms with Crippen molar-refractivity contribution in [1.29, 1.82) is 0 Å². The molecule has 3 heteroatoms. The fourth-order valence-electron chi connectivity index (χ4n) is 1.38. The van der Waals surface area contributed by atoms with E-state index in [0.717, 1.165) is 0 Å². The number of rotatable bonds is 0. The van der Waals surface area contributed by atoms with E-state index in [1.54, 1.807) is 6.07 Å². The Bertz CT molecular complexity index is 296. The van der Waals surface area contributed by atoms with E-state index in [1.807, 2.05) is 0 Å². The summed E-state index contributed by atoms with van der Waals surface area (Å²) in [6.45, 7) is 0.331. The van der Waals surface area contributed by atoms with Gasteiger partial charge in [-0.25, -0.2) is 8.78 Å². The highest BCUT2D eigenvalue weighted by Gasteiger charge is 2.36. The third-order valence-electron chi connectivity index (χ3n) is 2.01. The number of fused-ring (bicyclic) bond motifs is 1. The molecular weight excluding hydrogens is 160 g/mol. The summed E-state index contributed by atoms with van der Waals surface area (Å²) in [6, 6.07) is 7.25. The Morgan fingerprint density at radius 2 is 2.33 bits per heavy atom. The molecule has 1 radical (unpaired) electrons. The van der Waals surface area contributed by atoms with Crippen molar-refractivity contribution in [2.45, 2.75) is 12.3 Å². The number of benzene rings is 1. The lowest BCUT2D eigenvalue weighted by atomic mass is 10.00. The zero-order valence-electron chi connectivity index (χ0n) is 6.40. The molecule has 1 heterocycles. The van der Waals surface area contributed by atoms with Crippen molar-refractivity contribution in [3.05, 3.63) is 29.8 Å². The van der Waals surface area contributed by atoms with E-state index >= 15 is 0 Å². The highest BCUT2D eigenvalue weighted by Crippen LogP contribution is 2.39. The lowest BCUT2D eigenvalue weighted by Crippen LogP contribution is -2.25. The first-order valence-electron chi connectivity index (χ1n) is 3.82. The number of hydrogen-bond donors (Lipinski definition) is 1. The molecule has 0 bridgehead atoms. The van der Waals surface area contributed by atoms with Crippen molar-refractivity contribution in [2.24, 2.45) is 0 Å². The molecule has 0 fully saturated rings. The standard InChI is InChI=1S/C9H8F2N/c10-9(11)5-6-12-8-4-2-1-3-7(8)9/h1,3-4,12H,5-6H2. The summed E-state index contributed by atoms with van der Waals surface area (Å²) in [5, 5.41) is 2.91. The Balaban J connectivity index is 2.52. The number of alkyl halides is 2. The van der Waals surface area contributed by atoms with E-state index in [-0.39, 0.29) is 12.0 Å². The van der Waals surface area contributed by atoms with Gasteiger partial charge in [0.2, 0.25) is 0 Å². The second kappa shape index (κ2) is 2.44. The van der Waals surface area contributed by atoms with Crippen LogP contribution in [-0.2, 0) is 5.92 Å². The SMILES string of the molecule is FC1(F)CCNc2c[c]ccc21. The van der Waals surface area contributed by atoms with Crippen molar-refractivity contribution in [3.8, 4) is 0 Å². The molecule has 0 amide bonds. The summed E-state index contributed by atoms with van der Waals surface area (Å²) in [7, 11) is 0. The van der Waals surface area contributed by atoms with Gasteiger partial charge in [-0.05, 0) is 12.1 Å². The average Bonchev–Trinajstić information content (AvgIpc) is 2.04. The number of anilines is 1. The summed E-state index contributed by atoms with van der Waals surface area (Å²) in [4.78, 5) is 0. The average molecular weight is 168 g/mol. The minimum atomic E-state index is -2.67. The fourth-order valence-corrected chi connectivity index (χ4v) is 1.38. The van der Waals surface area contributed by atoms with Gasteiger partial charge in [0.15, 0.2) is 0 Å². The predicted molar refractivity (Wildman–Crippen MR) is 42.3 cm³/mol. The lowest BCUT2D eigenvalue weighted by molar-refractivity contribution is -0.0122. The zero-order chi connectivity index (χ0) is 8.60. The first-order chi connectivity index (χ1) is 5.70. The van der Waals surface area contributed by atoms with E-state index in [2.05, 4.69) is 11.4 Å². The monoisotopic (exact) mass is 168 g/mol. The molecule has 2 rings (SSSR count). The van der Waals surface area contributed by atoms with E-state index in [9.17, 15) is 8.78 Å². The van der Waals surface area contributed by atoms with Crippen LogP contribution in [-0.4, -0.2) is 6.54 Å². The molecular formula is C9H8F2N. The highest BCUT2D eigenvalue weighted by atomic mass is 19.3. The van der Waals surface area contributed by atoms with Gasteiger partial charge in [0.05, 0.1) is 0 Å². The van der Waals surface area contributed by atoms with Crippen LogP contribution in [0.1, 0.15) is 12.0 Å². The number of nitrogens with one attached hydrogen (secondary N) is 1. The van der Waals surface area contributed by atoms with E-state index in [1.165, 1.54) is 12.1 Å². The smallest absolute Gasteiger partial charge is 0.276 e. The van der Waals surface area contributed by atoms with Gasteiger partial charge in [-0.2, -0.15) is 0 Å². The molecule has 1 aromatic carbocycles. The van der Waals surface area contributed by atoms with Crippen molar-refractivity contribution in [1.82, 2.24) is 0 Å². The van der Waals surface area contributed by atoms with Crippen LogP contribution in [0.3, 0.4) is 0 Å². The Morgan fingerprint density at radius 3 is 3.08 bits per heavy atom. The van der Waals surface area contributed by atoms with Crippen LogP contribution in [0.25, 0.3) is 0 Å². The molecule has 0 spiro atoms. The third-order valence-corrected chi connectivity index (χ3v) is 2.01. The Kier molecular flexibility index (Phi) is 1.53. The summed E-state index contributed by atoms with van der Waals surface area (Å²) in [5.41, 5.74) is 0.598. The van der Waals surface area contributed by atoms with Crippen molar-refractivity contribution < 1.29 is 8.78 Å². The van der Waals surface area contributed by atoms with Crippen molar-refractivity contribution in [2.75, 3.05) is 11.9 Å². The molecule has 0 atom stereocenters.